The molecule has 8 fully saturated rings. The van der Waals surface area contributed by atoms with E-state index in [4.69, 9.17) is 0 Å². The van der Waals surface area contributed by atoms with Crippen LogP contribution in [-0.2, 0) is 27.1 Å². The van der Waals surface area contributed by atoms with E-state index in [0.29, 0.717) is 10.8 Å². The minimum absolute atomic E-state index is 0.0775. The third kappa shape index (κ3) is 4.86. The molecule has 11 aliphatic rings. The highest BCUT2D eigenvalue weighted by Crippen LogP contribution is 2.79. The Hall–Kier alpha value is -5.54. The summed E-state index contributed by atoms with van der Waals surface area (Å²) in [5.41, 5.74) is 26.3. The lowest BCUT2D eigenvalue weighted by molar-refractivity contribution is 0.0685. The Bertz CT molecular complexity index is 3870. The average Bonchev–Trinajstić information content (AvgIpc) is 4.21. The zero-order chi connectivity index (χ0) is 48.6. The molecule has 73 heavy (non-hydrogen) atoms. The minimum atomic E-state index is -0.218. The molecule has 2 nitrogen and oxygen atoms in total. The maximum Gasteiger partial charge on any atom is 0.197 e. The lowest BCUT2D eigenvalue weighted by Gasteiger charge is -2.51. The second-order valence-electron chi connectivity index (χ2n) is 28.3. The third-order valence-electron chi connectivity index (χ3n) is 24.1. The summed E-state index contributed by atoms with van der Waals surface area (Å²) in [6.07, 6.45) is 13.9. The largest absolute Gasteiger partial charge is 0.354 e. The van der Waals surface area contributed by atoms with Crippen molar-refractivity contribution in [2.45, 2.75) is 140 Å². The summed E-state index contributed by atoms with van der Waals surface area (Å²) in [7, 11) is 2.64. The fourth-order valence-corrected chi connectivity index (χ4v) is 20.9. The van der Waals surface area contributed by atoms with Crippen molar-refractivity contribution < 1.29 is 0 Å². The van der Waals surface area contributed by atoms with Crippen molar-refractivity contribution in [1.82, 2.24) is 4.98 Å². The molecule has 19 rings (SSSR count). The molecule has 1 aromatic heterocycles. The number of hydrogen-bond donors (Lipinski definition) is 1. The van der Waals surface area contributed by atoms with E-state index >= 15 is 0 Å². The first-order chi connectivity index (χ1) is 35.2. The SMILES string of the molecule is Cc1cc2c(cc1N1c3cc4ccccc4cc3[B]c3c1cc1c(c3-c3cc(C45CC6CC7CC(C4)C5C76)cc4c3[nH]c3ccc(C56CC7CC5CCC76)cc34)C(C)(C)c3ccccc3-1)C(C)(C)CCC2(C)C. The van der Waals surface area contributed by atoms with Gasteiger partial charge in [0, 0.05) is 49.7 Å². The van der Waals surface area contributed by atoms with Crippen molar-refractivity contribution in [2.75, 3.05) is 4.90 Å². The number of nitrogens with one attached hydrogen (secondary N) is 1. The second-order valence-corrected chi connectivity index (χ2v) is 28.3. The lowest BCUT2D eigenvalue weighted by Crippen LogP contribution is -2.47. The Morgan fingerprint density at radius 1 is 0.589 bits per heavy atom. The van der Waals surface area contributed by atoms with Crippen LogP contribution in [-0.4, -0.2) is 12.3 Å². The quantitative estimate of drug-likeness (QED) is 0.174. The van der Waals surface area contributed by atoms with Gasteiger partial charge < -0.3 is 9.88 Å². The monoisotopic (exact) mass is 948 g/mol. The van der Waals surface area contributed by atoms with E-state index < -0.39 is 0 Å². The maximum atomic E-state index is 4.30. The number of aromatic nitrogens is 1. The van der Waals surface area contributed by atoms with Crippen LogP contribution in [0.25, 0.3) is 54.8 Å². The summed E-state index contributed by atoms with van der Waals surface area (Å²) in [6.45, 7) is 17.4. The van der Waals surface area contributed by atoms with Crippen LogP contribution in [0.2, 0.25) is 0 Å². The third-order valence-corrected chi connectivity index (χ3v) is 24.1. The summed E-state index contributed by atoms with van der Waals surface area (Å²) in [5, 5.41) is 5.54. The number of H-pyrrole nitrogens is 1. The van der Waals surface area contributed by atoms with Crippen LogP contribution in [0.3, 0.4) is 0 Å². The first kappa shape index (κ1) is 41.8. The highest BCUT2D eigenvalue weighted by Gasteiger charge is 2.73. The predicted molar refractivity (Wildman–Crippen MR) is 304 cm³/mol. The van der Waals surface area contributed by atoms with E-state index in [1.54, 1.807) is 11.1 Å². The van der Waals surface area contributed by atoms with Crippen LogP contribution in [0.5, 0.6) is 0 Å². The normalized spacial score (nSPS) is 32.8. The molecule has 8 saturated carbocycles. The molecule has 0 spiro atoms. The van der Waals surface area contributed by atoms with Crippen molar-refractivity contribution >= 4 is 67.8 Å². The molecule has 10 unspecified atom stereocenters. The number of aromatic amines is 1. The smallest absolute Gasteiger partial charge is 0.197 e. The van der Waals surface area contributed by atoms with Gasteiger partial charge in [-0.05, 0) is 249 Å². The van der Waals surface area contributed by atoms with Crippen molar-refractivity contribution in [3.05, 3.63) is 148 Å². The Balaban J connectivity index is 0.958. The van der Waals surface area contributed by atoms with E-state index in [1.807, 2.05) is 0 Å². The molecule has 0 amide bonds. The van der Waals surface area contributed by atoms with Crippen molar-refractivity contribution in [3.63, 3.8) is 0 Å². The molecule has 4 bridgehead atoms. The summed E-state index contributed by atoms with van der Waals surface area (Å²) in [4.78, 5) is 7.04. The van der Waals surface area contributed by atoms with Crippen LogP contribution in [0.15, 0.2) is 109 Å². The molecule has 1 N–H and O–H groups in total. The van der Waals surface area contributed by atoms with Gasteiger partial charge in [-0.2, -0.15) is 0 Å². The van der Waals surface area contributed by atoms with E-state index in [-0.39, 0.29) is 16.2 Å². The molecule has 10 aliphatic carbocycles. The molecule has 7 aromatic carbocycles. The molecule has 1 aliphatic heterocycles. The van der Waals surface area contributed by atoms with Gasteiger partial charge in [-0.15, -0.1) is 0 Å². The van der Waals surface area contributed by atoms with Crippen LogP contribution < -0.4 is 15.8 Å². The molecule has 10 atom stereocenters. The van der Waals surface area contributed by atoms with Crippen LogP contribution in [0, 0.1) is 54.3 Å². The molecule has 0 saturated heterocycles. The molecule has 3 heteroatoms. The predicted octanol–water partition coefficient (Wildman–Crippen LogP) is 16.2. The van der Waals surface area contributed by atoms with E-state index in [2.05, 4.69) is 175 Å². The van der Waals surface area contributed by atoms with E-state index in [1.165, 1.54) is 175 Å². The van der Waals surface area contributed by atoms with Gasteiger partial charge in [-0.25, -0.2) is 0 Å². The first-order valence-electron chi connectivity index (χ1n) is 29.0. The highest BCUT2D eigenvalue weighted by molar-refractivity contribution is 6.73. The lowest BCUT2D eigenvalue weighted by atomic mass is 9.52. The standard InChI is InChI=1S/C70H68BN2/c1-36-22-53-54(67(4,5)21-20-66(53,2)3)32-57(36)73-58-27-38-13-9-8-12-37(38)26-55(58)71-64-59(73)31-48-46-14-10-11-15-52(46)68(6,7)63(48)61(64)50-30-45(69-33-41-23-39-24-42(34-69)62(69)60(39)41)29-49-47-28-44(17-19-56(47)72-65(49)50)70-35-40-25-43(70)16-18-51(40)70/h8-15,17,19,22,26-32,39-43,51,60,62,72H,16,18,20-21,23-25,33-35H2,1-7H3. The Morgan fingerprint density at radius 3 is 2.15 bits per heavy atom. The number of nitrogens with zero attached hydrogens (tertiary/aromatic N) is 1. The zero-order valence-electron chi connectivity index (χ0n) is 44.1. The average molecular weight is 948 g/mol. The Kier molecular flexibility index (Phi) is 7.50. The fourth-order valence-electron chi connectivity index (χ4n) is 20.9. The van der Waals surface area contributed by atoms with Gasteiger partial charge in [-0.1, -0.05) is 114 Å². The Morgan fingerprint density at radius 2 is 1.34 bits per heavy atom. The molecule has 8 aromatic rings. The molecular weight excluding hydrogens is 880 g/mol. The van der Waals surface area contributed by atoms with Crippen molar-refractivity contribution in [2.24, 2.45) is 47.3 Å². The molecule has 361 valence electrons. The number of hydrogen-bond acceptors (Lipinski definition) is 1. The number of aryl methyl sites for hydroxylation is 1. The number of rotatable bonds is 4. The topological polar surface area (TPSA) is 19.0 Å². The second kappa shape index (κ2) is 13.1. The summed E-state index contributed by atoms with van der Waals surface area (Å²) in [5.74, 6) is 7.40. The van der Waals surface area contributed by atoms with Gasteiger partial charge in [0.25, 0.3) is 0 Å². The Labute approximate surface area is 433 Å². The van der Waals surface area contributed by atoms with Gasteiger partial charge in [0.1, 0.15) is 0 Å². The van der Waals surface area contributed by atoms with Crippen LogP contribution >= 0.6 is 0 Å². The van der Waals surface area contributed by atoms with Gasteiger partial charge >= 0.3 is 0 Å². The molecular formula is C70H68BN2. The summed E-state index contributed by atoms with van der Waals surface area (Å²) >= 11 is 0. The summed E-state index contributed by atoms with van der Waals surface area (Å²) in [6, 6.07) is 44.8. The van der Waals surface area contributed by atoms with Gasteiger partial charge in [0.2, 0.25) is 0 Å². The molecule has 1 radical (unpaired) electrons. The van der Waals surface area contributed by atoms with Gasteiger partial charge in [-0.3, -0.25) is 0 Å². The minimum Gasteiger partial charge on any atom is -0.354 e. The number of anilines is 3. The number of fused-ring (bicyclic) bond motifs is 10. The van der Waals surface area contributed by atoms with E-state index in [0.717, 1.165) is 47.3 Å². The van der Waals surface area contributed by atoms with Crippen LogP contribution in [0.1, 0.15) is 145 Å². The highest BCUT2D eigenvalue weighted by atomic mass is 15.2. The van der Waals surface area contributed by atoms with Crippen LogP contribution in [0.4, 0.5) is 17.1 Å². The molecule has 2 heterocycles. The van der Waals surface area contributed by atoms with Gasteiger partial charge in [0.15, 0.2) is 7.28 Å². The summed E-state index contributed by atoms with van der Waals surface area (Å²) < 4.78 is 0. The first-order valence-corrected chi connectivity index (χ1v) is 29.0. The van der Waals surface area contributed by atoms with E-state index in [9.17, 15) is 0 Å². The van der Waals surface area contributed by atoms with Crippen molar-refractivity contribution in [1.29, 1.82) is 0 Å². The maximum absolute atomic E-state index is 4.30. The zero-order valence-corrected chi connectivity index (χ0v) is 44.1. The van der Waals surface area contributed by atoms with Gasteiger partial charge in [0.05, 0.1) is 5.52 Å². The van der Waals surface area contributed by atoms with Crippen molar-refractivity contribution in [3.8, 4) is 22.3 Å². The number of benzene rings is 7. The fraction of sp³-hybridized carbons (Fsp3) is 0.429.